The molecule has 104 valence electrons. The van der Waals surface area contributed by atoms with E-state index >= 15 is 0 Å². The summed E-state index contributed by atoms with van der Waals surface area (Å²) in [4.78, 5) is 11.2. The average Bonchev–Trinajstić information content (AvgIpc) is 2.09. The Kier molecular flexibility index (Phi) is 3.79. The zero-order valence-corrected chi connectivity index (χ0v) is 12.5. The molecule has 0 aliphatic carbocycles. The Bertz CT molecular complexity index is 323. The van der Waals surface area contributed by atoms with Gasteiger partial charge in [-0.1, -0.05) is 0 Å². The standard InChI is InChI=1S/C11H22NO5Si/c1-9-7-12(4)5-6-14-18(15-9,17-11(3)13)16-10(2)8-12/h9-10H,5-8H2,1-4H3/q+1. The molecule has 6 nitrogen and oxygen atoms in total. The molecule has 3 aliphatic rings. The smallest absolute Gasteiger partial charge is 0.452 e. The maximum atomic E-state index is 11.2. The minimum Gasteiger partial charge on any atom is -0.452 e. The van der Waals surface area contributed by atoms with Crippen molar-refractivity contribution in [3.63, 3.8) is 0 Å². The molecule has 3 saturated heterocycles. The van der Waals surface area contributed by atoms with Crippen LogP contribution in [0.25, 0.3) is 0 Å². The van der Waals surface area contributed by atoms with Crippen molar-refractivity contribution in [1.82, 2.24) is 0 Å². The molecule has 2 unspecified atom stereocenters. The first kappa shape index (κ1) is 13.9. The number of rotatable bonds is 1. The summed E-state index contributed by atoms with van der Waals surface area (Å²) < 4.78 is 23.5. The molecule has 2 bridgehead atoms. The normalized spacial score (nSPS) is 44.9. The van der Waals surface area contributed by atoms with Crippen molar-refractivity contribution in [2.24, 2.45) is 0 Å². The second kappa shape index (κ2) is 4.90. The largest absolute Gasteiger partial charge is 0.752 e. The van der Waals surface area contributed by atoms with Crippen LogP contribution in [0.2, 0.25) is 0 Å². The molecule has 18 heavy (non-hydrogen) atoms. The minimum atomic E-state index is -3.31. The van der Waals surface area contributed by atoms with Crippen molar-refractivity contribution in [3.05, 3.63) is 0 Å². The molecule has 0 aromatic rings. The van der Waals surface area contributed by atoms with E-state index in [4.69, 9.17) is 17.7 Å². The van der Waals surface area contributed by atoms with Crippen LogP contribution in [0.15, 0.2) is 0 Å². The van der Waals surface area contributed by atoms with Crippen molar-refractivity contribution in [2.45, 2.75) is 33.0 Å². The van der Waals surface area contributed by atoms with E-state index in [1.54, 1.807) is 0 Å². The molecule has 3 rings (SSSR count). The molecule has 0 radical (unpaired) electrons. The van der Waals surface area contributed by atoms with Gasteiger partial charge in [0, 0.05) is 6.92 Å². The maximum absolute atomic E-state index is 11.2. The zero-order valence-electron chi connectivity index (χ0n) is 11.5. The first-order chi connectivity index (χ1) is 8.33. The molecule has 0 aromatic heterocycles. The monoisotopic (exact) mass is 276 g/mol. The summed E-state index contributed by atoms with van der Waals surface area (Å²) in [5.74, 6) is -0.417. The molecular formula is C11H22NO5Si+. The van der Waals surface area contributed by atoms with Gasteiger partial charge < -0.3 is 22.2 Å². The second-order valence-corrected chi connectivity index (χ2v) is 7.47. The molecule has 0 aromatic carbocycles. The summed E-state index contributed by atoms with van der Waals surface area (Å²) in [6, 6.07) is 0. The average molecular weight is 276 g/mol. The molecule has 0 spiro atoms. The highest BCUT2D eigenvalue weighted by atomic mass is 28.4. The Morgan fingerprint density at radius 2 is 1.83 bits per heavy atom. The van der Waals surface area contributed by atoms with Gasteiger partial charge in [-0.05, 0) is 13.8 Å². The molecule has 0 amide bonds. The van der Waals surface area contributed by atoms with Gasteiger partial charge in [-0.25, -0.2) is 0 Å². The highest BCUT2D eigenvalue weighted by Gasteiger charge is 2.56. The number of hydrogen-bond donors (Lipinski definition) is 0. The lowest BCUT2D eigenvalue weighted by molar-refractivity contribution is -0.917. The van der Waals surface area contributed by atoms with Gasteiger partial charge >= 0.3 is 9.05 Å². The number of quaternary nitrogens is 1. The van der Waals surface area contributed by atoms with Crippen LogP contribution < -0.4 is 0 Å². The van der Waals surface area contributed by atoms with Crippen LogP contribution >= 0.6 is 0 Å². The molecule has 3 heterocycles. The highest BCUT2D eigenvalue weighted by molar-refractivity contribution is 6.55. The van der Waals surface area contributed by atoms with Crippen LogP contribution in [0.3, 0.4) is 0 Å². The molecule has 3 aliphatic heterocycles. The van der Waals surface area contributed by atoms with Crippen molar-refractivity contribution >= 4 is 15.0 Å². The third-order valence-electron chi connectivity index (χ3n) is 3.27. The van der Waals surface area contributed by atoms with Gasteiger partial charge in [-0.15, -0.1) is 0 Å². The Morgan fingerprint density at radius 3 is 2.33 bits per heavy atom. The van der Waals surface area contributed by atoms with Crippen LogP contribution in [0, 0.1) is 0 Å². The Balaban J connectivity index is 2.26. The maximum Gasteiger partial charge on any atom is 0.752 e. The summed E-state index contributed by atoms with van der Waals surface area (Å²) in [6.07, 6.45) is -0.0948. The molecule has 3 fully saturated rings. The first-order valence-electron chi connectivity index (χ1n) is 6.35. The number of fused-ring (bicyclic) bond motifs is 6. The highest BCUT2D eigenvalue weighted by Crippen LogP contribution is 2.26. The van der Waals surface area contributed by atoms with E-state index < -0.39 is 15.0 Å². The van der Waals surface area contributed by atoms with E-state index in [0.717, 1.165) is 24.1 Å². The zero-order chi connectivity index (χ0) is 13.4. The molecule has 2 atom stereocenters. The van der Waals surface area contributed by atoms with E-state index in [-0.39, 0.29) is 12.2 Å². The topological polar surface area (TPSA) is 54.0 Å². The third-order valence-corrected chi connectivity index (χ3v) is 5.74. The van der Waals surface area contributed by atoms with Gasteiger partial charge in [0.1, 0.15) is 19.6 Å². The molecule has 0 saturated carbocycles. The van der Waals surface area contributed by atoms with Gasteiger partial charge in [0.05, 0.1) is 25.9 Å². The van der Waals surface area contributed by atoms with Crippen LogP contribution in [-0.2, 0) is 22.5 Å². The molecular weight excluding hydrogens is 254 g/mol. The lowest BCUT2D eigenvalue weighted by Gasteiger charge is -2.45. The lowest BCUT2D eigenvalue weighted by atomic mass is 10.2. The summed E-state index contributed by atoms with van der Waals surface area (Å²) >= 11 is 0. The van der Waals surface area contributed by atoms with Gasteiger partial charge in [0.2, 0.25) is 0 Å². The van der Waals surface area contributed by atoms with Gasteiger partial charge in [-0.2, -0.15) is 0 Å². The van der Waals surface area contributed by atoms with Gasteiger partial charge in [0.25, 0.3) is 5.97 Å². The molecule has 7 heteroatoms. The van der Waals surface area contributed by atoms with Crippen molar-refractivity contribution in [3.8, 4) is 0 Å². The fourth-order valence-electron chi connectivity index (χ4n) is 2.81. The number of likely N-dealkylation sites (N-methyl/N-ethyl adjacent to an activating group) is 1. The Hall–Kier alpha value is -0.473. The predicted octanol–water partition coefficient (Wildman–Crippen LogP) is 0.286. The molecule has 0 N–H and O–H groups in total. The number of carbonyl (C=O) groups is 1. The van der Waals surface area contributed by atoms with Crippen molar-refractivity contribution in [2.75, 3.05) is 33.3 Å². The van der Waals surface area contributed by atoms with Crippen molar-refractivity contribution in [1.29, 1.82) is 0 Å². The fourth-order valence-corrected chi connectivity index (χ4v) is 4.98. The Labute approximate surface area is 109 Å². The number of hydrogen-bond acceptors (Lipinski definition) is 5. The van der Waals surface area contributed by atoms with E-state index in [0.29, 0.717) is 6.61 Å². The van der Waals surface area contributed by atoms with Crippen LogP contribution in [0.4, 0.5) is 0 Å². The fraction of sp³-hybridized carbons (Fsp3) is 0.909. The van der Waals surface area contributed by atoms with E-state index in [2.05, 4.69) is 7.05 Å². The second-order valence-electron chi connectivity index (χ2n) is 5.51. The van der Waals surface area contributed by atoms with Gasteiger partial charge in [-0.3, -0.25) is 4.79 Å². The van der Waals surface area contributed by atoms with Crippen LogP contribution in [0.1, 0.15) is 20.8 Å². The minimum absolute atomic E-state index is 0.0474. The Morgan fingerprint density at radius 1 is 1.28 bits per heavy atom. The summed E-state index contributed by atoms with van der Waals surface area (Å²) in [6.45, 7) is 8.43. The van der Waals surface area contributed by atoms with E-state index in [1.807, 2.05) is 13.8 Å². The van der Waals surface area contributed by atoms with Gasteiger partial charge in [0.15, 0.2) is 0 Å². The third kappa shape index (κ3) is 3.10. The van der Waals surface area contributed by atoms with E-state index in [1.165, 1.54) is 6.92 Å². The first-order valence-corrected chi connectivity index (χ1v) is 7.98. The van der Waals surface area contributed by atoms with Crippen LogP contribution in [0.5, 0.6) is 0 Å². The predicted molar refractivity (Wildman–Crippen MR) is 65.4 cm³/mol. The van der Waals surface area contributed by atoms with Crippen LogP contribution in [-0.4, -0.2) is 65.0 Å². The number of nitrogens with zero attached hydrogens (tertiary/aromatic N) is 1. The lowest BCUT2D eigenvalue weighted by Crippen LogP contribution is -2.66. The number of carbonyl (C=O) groups excluding carboxylic acids is 1. The summed E-state index contributed by atoms with van der Waals surface area (Å²) in [5.41, 5.74) is 0. The SMILES string of the molecule is CC(=O)O[Si]12OCC[N+](C)(CC(C)O1)CC(C)O2. The summed E-state index contributed by atoms with van der Waals surface area (Å²) in [7, 11) is -1.13. The quantitative estimate of drug-likeness (QED) is 0.509. The van der Waals surface area contributed by atoms with Crippen molar-refractivity contribution < 1.29 is 27.0 Å². The summed E-state index contributed by atoms with van der Waals surface area (Å²) in [5, 5.41) is 0. The van der Waals surface area contributed by atoms with E-state index in [9.17, 15) is 4.79 Å².